The highest BCUT2D eigenvalue weighted by atomic mass is 19.4. The molecule has 7 heteroatoms. The Morgan fingerprint density at radius 3 is 2.64 bits per heavy atom. The average Bonchev–Trinajstić information content (AvgIpc) is 2.65. The zero-order chi connectivity index (χ0) is 20.1. The fourth-order valence-corrected chi connectivity index (χ4v) is 4.41. The Kier molecular flexibility index (Phi) is 6.97. The Labute approximate surface area is 164 Å². The van der Waals surface area contributed by atoms with Crippen LogP contribution in [0.25, 0.3) is 0 Å². The zero-order valence-corrected chi connectivity index (χ0v) is 16.0. The van der Waals surface area contributed by atoms with Gasteiger partial charge in [0, 0.05) is 19.1 Å². The first-order chi connectivity index (χ1) is 13.3. The van der Waals surface area contributed by atoms with Crippen LogP contribution in [0.15, 0.2) is 18.2 Å². The molecule has 0 bridgehead atoms. The Balaban J connectivity index is 1.37. The molecule has 0 spiro atoms. The SMILES string of the molecule is N#Cc1ccc2c(c1)CCN(CCC1CCC(NC(O)CC(F)(F)F)CC1)C2. The Hall–Kier alpha value is -1.62. The van der Waals surface area contributed by atoms with Gasteiger partial charge >= 0.3 is 6.18 Å². The van der Waals surface area contributed by atoms with E-state index in [0.717, 1.165) is 63.7 Å². The lowest BCUT2D eigenvalue weighted by atomic mass is 9.83. The molecule has 0 radical (unpaired) electrons. The Morgan fingerprint density at radius 2 is 1.96 bits per heavy atom. The summed E-state index contributed by atoms with van der Waals surface area (Å²) in [6, 6.07) is 8.10. The molecular formula is C21H28F3N3O. The molecule has 2 aliphatic rings. The number of aliphatic hydroxyl groups excluding tert-OH is 1. The van der Waals surface area contributed by atoms with Gasteiger partial charge in [0.15, 0.2) is 0 Å². The second kappa shape index (κ2) is 9.25. The molecule has 28 heavy (non-hydrogen) atoms. The van der Waals surface area contributed by atoms with Gasteiger partial charge in [0.2, 0.25) is 0 Å². The van der Waals surface area contributed by atoms with E-state index in [-0.39, 0.29) is 6.04 Å². The maximum absolute atomic E-state index is 12.3. The minimum Gasteiger partial charge on any atom is -0.378 e. The van der Waals surface area contributed by atoms with Crippen LogP contribution in [0, 0.1) is 17.2 Å². The zero-order valence-electron chi connectivity index (χ0n) is 16.0. The third kappa shape index (κ3) is 6.20. The molecule has 3 rings (SSSR count). The highest BCUT2D eigenvalue weighted by Crippen LogP contribution is 2.29. The predicted octanol–water partition coefficient (Wildman–Crippen LogP) is 3.73. The smallest absolute Gasteiger partial charge is 0.378 e. The topological polar surface area (TPSA) is 59.3 Å². The standard InChI is InChI=1S/C21H28F3N3O/c22-21(23,24)12-20(28)26-19-5-2-15(3-6-19)7-9-27-10-8-17-11-16(13-25)1-4-18(17)14-27/h1,4,11,15,19-20,26,28H,2-3,5-10,12,14H2. The molecule has 1 aliphatic carbocycles. The van der Waals surface area contributed by atoms with Crippen LogP contribution in [-0.2, 0) is 13.0 Å². The van der Waals surface area contributed by atoms with Gasteiger partial charge in [-0.2, -0.15) is 18.4 Å². The summed E-state index contributed by atoms with van der Waals surface area (Å²) >= 11 is 0. The van der Waals surface area contributed by atoms with Gasteiger partial charge in [-0.15, -0.1) is 0 Å². The van der Waals surface area contributed by atoms with Crippen LogP contribution >= 0.6 is 0 Å². The van der Waals surface area contributed by atoms with Gasteiger partial charge in [0.1, 0.15) is 6.23 Å². The lowest BCUT2D eigenvalue weighted by Gasteiger charge is -2.33. The monoisotopic (exact) mass is 395 g/mol. The minimum absolute atomic E-state index is 0.0233. The number of hydrogen-bond acceptors (Lipinski definition) is 4. The van der Waals surface area contributed by atoms with Crippen molar-refractivity contribution < 1.29 is 18.3 Å². The molecule has 1 atom stereocenters. The van der Waals surface area contributed by atoms with Crippen molar-refractivity contribution in [3.63, 3.8) is 0 Å². The van der Waals surface area contributed by atoms with Crippen LogP contribution in [0.5, 0.6) is 0 Å². The van der Waals surface area contributed by atoms with E-state index in [0.29, 0.717) is 5.92 Å². The van der Waals surface area contributed by atoms with Crippen molar-refractivity contribution in [1.29, 1.82) is 5.26 Å². The molecule has 1 unspecified atom stereocenters. The molecular weight excluding hydrogens is 367 g/mol. The van der Waals surface area contributed by atoms with Crippen LogP contribution in [0.2, 0.25) is 0 Å². The van der Waals surface area contributed by atoms with E-state index in [9.17, 15) is 18.3 Å². The highest BCUT2D eigenvalue weighted by Gasteiger charge is 2.32. The molecule has 1 fully saturated rings. The molecule has 2 N–H and O–H groups in total. The number of fused-ring (bicyclic) bond motifs is 1. The van der Waals surface area contributed by atoms with Gasteiger partial charge in [-0.1, -0.05) is 6.07 Å². The fraction of sp³-hybridized carbons (Fsp3) is 0.667. The summed E-state index contributed by atoms with van der Waals surface area (Å²) in [5, 5.41) is 21.3. The number of benzene rings is 1. The molecule has 154 valence electrons. The van der Waals surface area contributed by atoms with Gasteiger partial charge in [-0.3, -0.25) is 10.2 Å². The first-order valence-corrected chi connectivity index (χ1v) is 10.1. The van der Waals surface area contributed by atoms with Gasteiger partial charge < -0.3 is 5.11 Å². The summed E-state index contributed by atoms with van der Waals surface area (Å²) in [6.45, 7) is 2.95. The van der Waals surface area contributed by atoms with Crippen LogP contribution < -0.4 is 5.32 Å². The van der Waals surface area contributed by atoms with Gasteiger partial charge in [-0.05, 0) is 74.2 Å². The third-order valence-corrected chi connectivity index (χ3v) is 5.98. The van der Waals surface area contributed by atoms with Crippen LogP contribution in [-0.4, -0.2) is 41.5 Å². The molecule has 4 nitrogen and oxygen atoms in total. The minimum atomic E-state index is -4.34. The molecule has 1 saturated carbocycles. The number of aliphatic hydroxyl groups is 1. The van der Waals surface area contributed by atoms with E-state index in [1.807, 2.05) is 12.1 Å². The summed E-state index contributed by atoms with van der Waals surface area (Å²) in [5.41, 5.74) is 3.30. The van der Waals surface area contributed by atoms with E-state index < -0.39 is 18.8 Å². The van der Waals surface area contributed by atoms with Gasteiger partial charge in [0.25, 0.3) is 0 Å². The number of alkyl halides is 3. The van der Waals surface area contributed by atoms with Crippen molar-refractivity contribution in [1.82, 2.24) is 10.2 Å². The van der Waals surface area contributed by atoms with E-state index in [1.54, 1.807) is 0 Å². The number of halogens is 3. The van der Waals surface area contributed by atoms with E-state index >= 15 is 0 Å². The average molecular weight is 395 g/mol. The second-order valence-corrected chi connectivity index (χ2v) is 8.13. The number of nitriles is 1. The van der Waals surface area contributed by atoms with Crippen LogP contribution in [0.3, 0.4) is 0 Å². The first kappa shape index (κ1) is 21.1. The number of hydrogen-bond donors (Lipinski definition) is 2. The molecule has 1 aliphatic heterocycles. The number of nitrogens with one attached hydrogen (secondary N) is 1. The molecule has 0 aromatic heterocycles. The van der Waals surface area contributed by atoms with E-state index in [4.69, 9.17) is 5.26 Å². The number of nitrogens with zero attached hydrogens (tertiary/aromatic N) is 2. The van der Waals surface area contributed by atoms with Crippen molar-refractivity contribution >= 4 is 0 Å². The molecule has 1 aromatic carbocycles. The maximum Gasteiger partial charge on any atom is 0.392 e. The molecule has 0 amide bonds. The maximum atomic E-state index is 12.3. The third-order valence-electron chi connectivity index (χ3n) is 5.98. The van der Waals surface area contributed by atoms with Gasteiger partial charge in [0.05, 0.1) is 18.1 Å². The van der Waals surface area contributed by atoms with Crippen molar-refractivity contribution in [2.24, 2.45) is 5.92 Å². The highest BCUT2D eigenvalue weighted by molar-refractivity contribution is 5.39. The Bertz CT molecular complexity index is 693. The molecule has 1 heterocycles. The molecule has 0 saturated heterocycles. The predicted molar refractivity (Wildman–Crippen MR) is 100 cm³/mol. The van der Waals surface area contributed by atoms with E-state index in [1.165, 1.54) is 11.1 Å². The lowest BCUT2D eigenvalue weighted by Crippen LogP contribution is -2.42. The normalized spacial score (nSPS) is 24.4. The second-order valence-electron chi connectivity index (χ2n) is 8.13. The summed E-state index contributed by atoms with van der Waals surface area (Å²) < 4.78 is 36.9. The first-order valence-electron chi connectivity index (χ1n) is 10.1. The molecule has 1 aromatic rings. The van der Waals surface area contributed by atoms with Crippen LogP contribution in [0.4, 0.5) is 13.2 Å². The summed E-state index contributed by atoms with van der Waals surface area (Å²) in [6.07, 6.45) is -1.34. The summed E-state index contributed by atoms with van der Waals surface area (Å²) in [7, 11) is 0. The summed E-state index contributed by atoms with van der Waals surface area (Å²) in [4.78, 5) is 2.45. The largest absolute Gasteiger partial charge is 0.392 e. The van der Waals surface area contributed by atoms with Gasteiger partial charge in [-0.25, -0.2) is 0 Å². The van der Waals surface area contributed by atoms with E-state index in [2.05, 4.69) is 22.4 Å². The summed E-state index contributed by atoms with van der Waals surface area (Å²) in [5.74, 6) is 0.597. The number of rotatable bonds is 6. The quantitative estimate of drug-likeness (QED) is 0.721. The fourth-order valence-electron chi connectivity index (χ4n) is 4.41. The van der Waals surface area contributed by atoms with Crippen molar-refractivity contribution in [3.8, 4) is 6.07 Å². The van der Waals surface area contributed by atoms with Crippen molar-refractivity contribution in [2.75, 3.05) is 13.1 Å². The lowest BCUT2D eigenvalue weighted by molar-refractivity contribution is -0.158. The Morgan fingerprint density at radius 1 is 1.21 bits per heavy atom. The van der Waals surface area contributed by atoms with Crippen molar-refractivity contribution in [3.05, 3.63) is 34.9 Å². The van der Waals surface area contributed by atoms with Crippen molar-refractivity contribution in [2.45, 2.75) is 69.9 Å². The van der Waals surface area contributed by atoms with Crippen LogP contribution in [0.1, 0.15) is 55.2 Å².